The molecule has 114 valence electrons. The van der Waals surface area contributed by atoms with Crippen molar-refractivity contribution in [3.8, 4) is 11.5 Å². The number of carbonyl (C=O) groups excluding carboxylic acids is 1. The van der Waals surface area contributed by atoms with Crippen LogP contribution in [0.1, 0.15) is 36.0 Å². The quantitative estimate of drug-likeness (QED) is 0.786. The molecule has 1 aromatic rings. The zero-order valence-corrected chi connectivity index (χ0v) is 11.8. The van der Waals surface area contributed by atoms with Gasteiger partial charge in [-0.25, -0.2) is 0 Å². The SMILES string of the molecule is COc1ccc(C(=O)NC2CCCC(C(=O)O)C2)c(O)c1. The van der Waals surface area contributed by atoms with E-state index < -0.39 is 17.8 Å². The second kappa shape index (κ2) is 6.47. The van der Waals surface area contributed by atoms with Gasteiger partial charge >= 0.3 is 5.97 Å². The third kappa shape index (κ3) is 3.65. The van der Waals surface area contributed by atoms with E-state index in [1.165, 1.54) is 19.2 Å². The average Bonchev–Trinajstić information content (AvgIpc) is 2.47. The molecule has 1 aromatic carbocycles. The van der Waals surface area contributed by atoms with Gasteiger partial charge in [-0.1, -0.05) is 6.42 Å². The molecule has 0 bridgehead atoms. The smallest absolute Gasteiger partial charge is 0.306 e. The van der Waals surface area contributed by atoms with Gasteiger partial charge in [0, 0.05) is 12.1 Å². The summed E-state index contributed by atoms with van der Waals surface area (Å²) >= 11 is 0. The molecule has 0 saturated heterocycles. The minimum atomic E-state index is -0.818. The van der Waals surface area contributed by atoms with Crippen molar-refractivity contribution in [3.63, 3.8) is 0 Å². The van der Waals surface area contributed by atoms with E-state index >= 15 is 0 Å². The average molecular weight is 293 g/mol. The Hall–Kier alpha value is -2.24. The maximum Gasteiger partial charge on any atom is 0.306 e. The van der Waals surface area contributed by atoms with E-state index in [2.05, 4.69) is 5.32 Å². The molecular weight excluding hydrogens is 274 g/mol. The fourth-order valence-corrected chi connectivity index (χ4v) is 2.64. The molecule has 2 rings (SSSR count). The van der Waals surface area contributed by atoms with E-state index in [0.29, 0.717) is 18.6 Å². The fraction of sp³-hybridized carbons (Fsp3) is 0.467. The minimum Gasteiger partial charge on any atom is -0.507 e. The molecule has 21 heavy (non-hydrogen) atoms. The number of aliphatic carboxylic acids is 1. The van der Waals surface area contributed by atoms with Crippen LogP contribution >= 0.6 is 0 Å². The van der Waals surface area contributed by atoms with Crippen LogP contribution in [0.15, 0.2) is 18.2 Å². The highest BCUT2D eigenvalue weighted by Gasteiger charge is 2.28. The van der Waals surface area contributed by atoms with Gasteiger partial charge in [-0.05, 0) is 31.4 Å². The Morgan fingerprint density at radius 2 is 2.10 bits per heavy atom. The largest absolute Gasteiger partial charge is 0.507 e. The molecule has 6 nitrogen and oxygen atoms in total. The van der Waals surface area contributed by atoms with E-state index in [-0.39, 0.29) is 17.4 Å². The van der Waals surface area contributed by atoms with Gasteiger partial charge in [-0.2, -0.15) is 0 Å². The number of carbonyl (C=O) groups is 2. The van der Waals surface area contributed by atoms with Crippen LogP contribution in [0.4, 0.5) is 0 Å². The van der Waals surface area contributed by atoms with Crippen LogP contribution < -0.4 is 10.1 Å². The summed E-state index contributed by atoms with van der Waals surface area (Å²) in [5.74, 6) is -1.31. The highest BCUT2D eigenvalue weighted by atomic mass is 16.5. The van der Waals surface area contributed by atoms with Crippen molar-refractivity contribution < 1.29 is 24.5 Å². The first kappa shape index (κ1) is 15.2. The van der Waals surface area contributed by atoms with Gasteiger partial charge in [0.2, 0.25) is 0 Å². The van der Waals surface area contributed by atoms with Crippen molar-refractivity contribution in [1.29, 1.82) is 0 Å². The number of phenolic OH excluding ortho intramolecular Hbond substituents is 1. The Labute approximate surface area is 122 Å². The highest BCUT2D eigenvalue weighted by molar-refractivity contribution is 5.97. The predicted octanol–water partition coefficient (Wildman–Crippen LogP) is 1.77. The minimum absolute atomic E-state index is 0.155. The number of nitrogens with one attached hydrogen (secondary N) is 1. The van der Waals surface area contributed by atoms with Gasteiger partial charge in [-0.15, -0.1) is 0 Å². The number of aromatic hydroxyl groups is 1. The summed E-state index contributed by atoms with van der Waals surface area (Å²) in [6, 6.07) is 4.28. The Balaban J connectivity index is 2.02. The second-order valence-corrected chi connectivity index (χ2v) is 5.26. The molecule has 0 radical (unpaired) electrons. The van der Waals surface area contributed by atoms with E-state index in [1.807, 2.05) is 0 Å². The normalized spacial score (nSPS) is 21.6. The zero-order valence-electron chi connectivity index (χ0n) is 11.8. The zero-order chi connectivity index (χ0) is 15.4. The Kier molecular flexibility index (Phi) is 4.67. The lowest BCUT2D eigenvalue weighted by atomic mass is 9.85. The van der Waals surface area contributed by atoms with Gasteiger partial charge in [0.05, 0.1) is 18.6 Å². The van der Waals surface area contributed by atoms with Gasteiger partial charge in [0.15, 0.2) is 0 Å². The van der Waals surface area contributed by atoms with Gasteiger partial charge in [-0.3, -0.25) is 9.59 Å². The summed E-state index contributed by atoms with van der Waals surface area (Å²) in [4.78, 5) is 23.2. The van der Waals surface area contributed by atoms with E-state index in [4.69, 9.17) is 9.84 Å². The summed E-state index contributed by atoms with van der Waals surface area (Å²) < 4.78 is 4.96. The molecule has 1 fully saturated rings. The summed E-state index contributed by atoms with van der Waals surface area (Å²) in [6.07, 6.45) is 2.61. The summed E-state index contributed by atoms with van der Waals surface area (Å²) in [6.45, 7) is 0. The van der Waals surface area contributed by atoms with Crippen LogP contribution in [-0.2, 0) is 4.79 Å². The topological polar surface area (TPSA) is 95.9 Å². The van der Waals surface area contributed by atoms with Crippen LogP contribution in [0.25, 0.3) is 0 Å². The predicted molar refractivity (Wildman–Crippen MR) is 75.5 cm³/mol. The second-order valence-electron chi connectivity index (χ2n) is 5.26. The number of hydrogen-bond acceptors (Lipinski definition) is 4. The van der Waals surface area contributed by atoms with Crippen molar-refractivity contribution >= 4 is 11.9 Å². The van der Waals surface area contributed by atoms with Crippen LogP contribution in [0.5, 0.6) is 11.5 Å². The maximum atomic E-state index is 12.2. The van der Waals surface area contributed by atoms with Crippen molar-refractivity contribution in [2.24, 2.45) is 5.92 Å². The van der Waals surface area contributed by atoms with Crippen LogP contribution in [0.2, 0.25) is 0 Å². The Morgan fingerprint density at radius 1 is 1.33 bits per heavy atom. The first-order valence-electron chi connectivity index (χ1n) is 6.92. The lowest BCUT2D eigenvalue weighted by Crippen LogP contribution is -2.39. The number of carboxylic acids is 1. The molecule has 1 amide bonds. The van der Waals surface area contributed by atoms with E-state index in [9.17, 15) is 14.7 Å². The molecular formula is C15H19NO5. The van der Waals surface area contributed by atoms with Crippen LogP contribution in [-0.4, -0.2) is 35.2 Å². The monoisotopic (exact) mass is 293 g/mol. The molecule has 0 aliphatic heterocycles. The number of carboxylic acid groups (broad SMARTS) is 1. The fourth-order valence-electron chi connectivity index (χ4n) is 2.64. The number of phenols is 1. The van der Waals surface area contributed by atoms with Crippen molar-refractivity contribution in [2.45, 2.75) is 31.7 Å². The lowest BCUT2D eigenvalue weighted by Gasteiger charge is -2.27. The summed E-state index contributed by atoms with van der Waals surface area (Å²) in [7, 11) is 1.47. The van der Waals surface area contributed by atoms with Crippen LogP contribution in [0, 0.1) is 5.92 Å². The van der Waals surface area contributed by atoms with Crippen molar-refractivity contribution in [2.75, 3.05) is 7.11 Å². The van der Waals surface area contributed by atoms with Crippen molar-refractivity contribution in [3.05, 3.63) is 23.8 Å². The van der Waals surface area contributed by atoms with Gasteiger partial charge in [0.25, 0.3) is 5.91 Å². The molecule has 6 heteroatoms. The van der Waals surface area contributed by atoms with E-state index in [0.717, 1.165) is 12.8 Å². The molecule has 0 aromatic heterocycles. The Morgan fingerprint density at radius 3 is 2.71 bits per heavy atom. The van der Waals surface area contributed by atoms with Gasteiger partial charge < -0.3 is 20.3 Å². The number of methoxy groups -OCH3 is 1. The number of hydrogen-bond donors (Lipinski definition) is 3. The molecule has 1 aliphatic rings. The lowest BCUT2D eigenvalue weighted by molar-refractivity contribution is -0.143. The number of ether oxygens (including phenoxy) is 1. The number of amides is 1. The molecule has 0 spiro atoms. The Bertz CT molecular complexity index is 543. The number of rotatable bonds is 4. The first-order chi connectivity index (χ1) is 10.0. The van der Waals surface area contributed by atoms with Gasteiger partial charge in [0.1, 0.15) is 11.5 Å². The summed E-state index contributed by atoms with van der Waals surface area (Å²) in [5.41, 5.74) is 0.160. The maximum absolute atomic E-state index is 12.2. The third-order valence-corrected chi connectivity index (χ3v) is 3.81. The first-order valence-corrected chi connectivity index (χ1v) is 6.92. The molecule has 1 aliphatic carbocycles. The highest BCUT2D eigenvalue weighted by Crippen LogP contribution is 2.26. The van der Waals surface area contributed by atoms with Crippen molar-refractivity contribution in [1.82, 2.24) is 5.32 Å². The summed E-state index contributed by atoms with van der Waals surface area (Å²) in [5, 5.41) is 21.7. The number of benzene rings is 1. The molecule has 2 unspecified atom stereocenters. The third-order valence-electron chi connectivity index (χ3n) is 3.81. The molecule has 0 heterocycles. The molecule has 3 N–H and O–H groups in total. The standard InChI is InChI=1S/C15H19NO5/c1-21-11-5-6-12(13(17)8-11)14(18)16-10-4-2-3-9(7-10)15(19)20/h5-6,8-10,17H,2-4,7H2,1H3,(H,16,18)(H,19,20). The molecule has 1 saturated carbocycles. The molecule has 2 atom stereocenters. The van der Waals surface area contributed by atoms with Crippen LogP contribution in [0.3, 0.4) is 0 Å². The van der Waals surface area contributed by atoms with E-state index in [1.54, 1.807) is 6.07 Å².